The summed E-state index contributed by atoms with van der Waals surface area (Å²) in [4.78, 5) is 0. The van der Waals surface area contributed by atoms with E-state index >= 15 is 0 Å². The second kappa shape index (κ2) is 4.42. The number of benzene rings is 1. The predicted octanol–water partition coefficient (Wildman–Crippen LogP) is 1.05. The fourth-order valence-electron chi connectivity index (χ4n) is 2.28. The SMILES string of the molecule is Cc1ccc2c(c1)CC(Cn1cc(CN)nn1)O2. The lowest BCUT2D eigenvalue weighted by molar-refractivity contribution is 0.202. The molecular weight excluding hydrogens is 228 g/mol. The number of hydrogen-bond donors (Lipinski definition) is 1. The Morgan fingerprint density at radius 2 is 2.39 bits per heavy atom. The zero-order chi connectivity index (χ0) is 12.5. The minimum absolute atomic E-state index is 0.133. The monoisotopic (exact) mass is 244 g/mol. The van der Waals surface area contributed by atoms with E-state index < -0.39 is 0 Å². The fraction of sp³-hybridized carbons (Fsp3) is 0.385. The highest BCUT2D eigenvalue weighted by molar-refractivity contribution is 5.40. The van der Waals surface area contributed by atoms with Crippen molar-refractivity contribution in [3.05, 3.63) is 41.2 Å². The van der Waals surface area contributed by atoms with Crippen LogP contribution in [-0.2, 0) is 19.5 Å². The van der Waals surface area contributed by atoms with Gasteiger partial charge in [0, 0.05) is 19.2 Å². The van der Waals surface area contributed by atoms with Gasteiger partial charge in [-0.25, -0.2) is 4.68 Å². The first-order chi connectivity index (χ1) is 8.74. The Bertz CT molecular complexity index is 564. The molecule has 2 aromatic rings. The van der Waals surface area contributed by atoms with Gasteiger partial charge in [0.1, 0.15) is 11.9 Å². The Hall–Kier alpha value is -1.88. The van der Waals surface area contributed by atoms with Crippen LogP contribution in [0.15, 0.2) is 24.4 Å². The minimum Gasteiger partial charge on any atom is -0.488 e. The Balaban J connectivity index is 1.70. The van der Waals surface area contributed by atoms with Crippen LogP contribution in [0.1, 0.15) is 16.8 Å². The second-order valence-electron chi connectivity index (χ2n) is 4.69. The van der Waals surface area contributed by atoms with Crippen molar-refractivity contribution in [3.8, 4) is 5.75 Å². The van der Waals surface area contributed by atoms with Gasteiger partial charge in [-0.1, -0.05) is 22.9 Å². The van der Waals surface area contributed by atoms with Gasteiger partial charge in [-0.05, 0) is 18.6 Å². The molecule has 18 heavy (non-hydrogen) atoms. The van der Waals surface area contributed by atoms with Crippen molar-refractivity contribution in [1.29, 1.82) is 0 Å². The van der Waals surface area contributed by atoms with Crippen LogP contribution in [0.2, 0.25) is 0 Å². The van der Waals surface area contributed by atoms with Crippen molar-refractivity contribution in [2.24, 2.45) is 5.73 Å². The molecule has 0 amide bonds. The van der Waals surface area contributed by atoms with Crippen LogP contribution in [-0.4, -0.2) is 21.1 Å². The number of rotatable bonds is 3. The minimum atomic E-state index is 0.133. The second-order valence-corrected chi connectivity index (χ2v) is 4.69. The molecule has 3 rings (SSSR count). The van der Waals surface area contributed by atoms with Crippen LogP contribution in [0.25, 0.3) is 0 Å². The lowest BCUT2D eigenvalue weighted by atomic mass is 10.1. The van der Waals surface area contributed by atoms with E-state index in [-0.39, 0.29) is 6.10 Å². The van der Waals surface area contributed by atoms with E-state index in [2.05, 4.69) is 29.4 Å². The van der Waals surface area contributed by atoms with E-state index in [1.807, 2.05) is 12.3 Å². The number of ether oxygens (including phenoxy) is 1. The van der Waals surface area contributed by atoms with Crippen LogP contribution in [0.5, 0.6) is 5.75 Å². The van der Waals surface area contributed by atoms with Crippen molar-refractivity contribution < 1.29 is 4.74 Å². The summed E-state index contributed by atoms with van der Waals surface area (Å²) < 4.78 is 7.69. The maximum absolute atomic E-state index is 5.89. The number of hydrogen-bond acceptors (Lipinski definition) is 4. The number of aromatic nitrogens is 3. The van der Waals surface area contributed by atoms with Crippen LogP contribution in [0.4, 0.5) is 0 Å². The molecule has 0 saturated carbocycles. The van der Waals surface area contributed by atoms with Gasteiger partial charge < -0.3 is 10.5 Å². The molecule has 1 unspecified atom stereocenters. The number of fused-ring (bicyclic) bond motifs is 1. The van der Waals surface area contributed by atoms with E-state index in [1.54, 1.807) is 4.68 Å². The van der Waals surface area contributed by atoms with E-state index in [0.29, 0.717) is 13.1 Å². The third-order valence-electron chi connectivity index (χ3n) is 3.14. The Kier molecular flexibility index (Phi) is 2.76. The molecule has 0 radical (unpaired) electrons. The van der Waals surface area contributed by atoms with E-state index in [1.165, 1.54) is 11.1 Å². The van der Waals surface area contributed by atoms with Gasteiger partial charge >= 0.3 is 0 Å². The summed E-state index contributed by atoms with van der Waals surface area (Å²) in [6.45, 7) is 3.23. The highest BCUT2D eigenvalue weighted by Gasteiger charge is 2.23. The molecule has 0 fully saturated rings. The lowest BCUT2D eigenvalue weighted by Crippen LogP contribution is -2.21. The van der Waals surface area contributed by atoms with Gasteiger partial charge in [0.2, 0.25) is 0 Å². The van der Waals surface area contributed by atoms with Crippen molar-refractivity contribution >= 4 is 0 Å². The first kappa shape index (κ1) is 11.2. The maximum atomic E-state index is 5.89. The quantitative estimate of drug-likeness (QED) is 0.876. The summed E-state index contributed by atoms with van der Waals surface area (Å²) >= 11 is 0. The van der Waals surface area contributed by atoms with E-state index in [0.717, 1.165) is 17.9 Å². The van der Waals surface area contributed by atoms with Crippen LogP contribution in [0.3, 0.4) is 0 Å². The summed E-state index contributed by atoms with van der Waals surface area (Å²) in [6.07, 6.45) is 2.93. The zero-order valence-corrected chi connectivity index (χ0v) is 10.3. The summed E-state index contributed by atoms with van der Waals surface area (Å²) in [6, 6.07) is 6.29. The van der Waals surface area contributed by atoms with Gasteiger partial charge in [-0.3, -0.25) is 0 Å². The third-order valence-corrected chi connectivity index (χ3v) is 3.14. The number of nitrogens with two attached hydrogens (primary N) is 1. The average Bonchev–Trinajstić information content (AvgIpc) is 2.95. The number of nitrogens with zero attached hydrogens (tertiary/aromatic N) is 3. The van der Waals surface area contributed by atoms with Gasteiger partial charge in [-0.15, -0.1) is 5.10 Å². The van der Waals surface area contributed by atoms with Crippen LogP contribution >= 0.6 is 0 Å². The average molecular weight is 244 g/mol. The molecule has 5 nitrogen and oxygen atoms in total. The highest BCUT2D eigenvalue weighted by atomic mass is 16.5. The fourth-order valence-corrected chi connectivity index (χ4v) is 2.28. The lowest BCUT2D eigenvalue weighted by Gasteiger charge is -2.09. The first-order valence-corrected chi connectivity index (χ1v) is 6.10. The molecular formula is C13H16N4O. The molecule has 1 aliphatic rings. The van der Waals surface area contributed by atoms with E-state index in [4.69, 9.17) is 10.5 Å². The van der Waals surface area contributed by atoms with Crippen molar-refractivity contribution in [2.45, 2.75) is 32.5 Å². The predicted molar refractivity (Wildman–Crippen MR) is 67.2 cm³/mol. The Morgan fingerprint density at radius 3 is 3.17 bits per heavy atom. The molecule has 1 aromatic carbocycles. The normalized spacial score (nSPS) is 17.6. The van der Waals surface area contributed by atoms with Gasteiger partial charge in [0.15, 0.2) is 0 Å². The molecule has 0 aliphatic carbocycles. The standard InChI is InChI=1S/C13H16N4O/c1-9-2-3-13-10(4-9)5-12(18-13)8-17-7-11(6-14)15-16-17/h2-4,7,12H,5-6,8,14H2,1H3. The smallest absolute Gasteiger partial charge is 0.123 e. The molecule has 0 saturated heterocycles. The number of aryl methyl sites for hydroxylation is 1. The highest BCUT2D eigenvalue weighted by Crippen LogP contribution is 2.29. The largest absolute Gasteiger partial charge is 0.488 e. The molecule has 5 heteroatoms. The summed E-state index contributed by atoms with van der Waals surface area (Å²) in [5.74, 6) is 0.991. The Morgan fingerprint density at radius 1 is 1.50 bits per heavy atom. The van der Waals surface area contributed by atoms with Crippen LogP contribution < -0.4 is 10.5 Å². The van der Waals surface area contributed by atoms with Gasteiger partial charge in [0.25, 0.3) is 0 Å². The van der Waals surface area contributed by atoms with Crippen molar-refractivity contribution in [1.82, 2.24) is 15.0 Å². The van der Waals surface area contributed by atoms with E-state index in [9.17, 15) is 0 Å². The molecule has 0 bridgehead atoms. The molecule has 1 atom stereocenters. The van der Waals surface area contributed by atoms with Gasteiger partial charge in [0.05, 0.1) is 12.2 Å². The topological polar surface area (TPSA) is 66.0 Å². The maximum Gasteiger partial charge on any atom is 0.123 e. The zero-order valence-electron chi connectivity index (χ0n) is 10.3. The molecule has 2 heterocycles. The molecule has 2 N–H and O–H groups in total. The third kappa shape index (κ3) is 2.09. The first-order valence-electron chi connectivity index (χ1n) is 6.10. The summed E-state index contributed by atoms with van der Waals surface area (Å²) in [5.41, 5.74) is 8.86. The molecule has 1 aromatic heterocycles. The molecule has 94 valence electrons. The summed E-state index contributed by atoms with van der Waals surface area (Å²) in [7, 11) is 0. The van der Waals surface area contributed by atoms with Crippen molar-refractivity contribution in [2.75, 3.05) is 0 Å². The Labute approximate surface area is 106 Å². The van der Waals surface area contributed by atoms with Gasteiger partial charge in [-0.2, -0.15) is 0 Å². The molecule has 0 spiro atoms. The van der Waals surface area contributed by atoms with Crippen LogP contribution in [0, 0.1) is 6.92 Å². The molecule has 1 aliphatic heterocycles. The summed E-state index contributed by atoms with van der Waals surface area (Å²) in [5, 5.41) is 8.01. The van der Waals surface area contributed by atoms with Crippen molar-refractivity contribution in [3.63, 3.8) is 0 Å².